The maximum absolute atomic E-state index is 12.5. The SMILES string of the molecule is CC(C)(C)OC(=O)N[C@H]1CCCN(C(=O)CNc2cc(Cl)cc(Cl)c2)C1. The van der Waals surface area contributed by atoms with Gasteiger partial charge in [0.25, 0.3) is 0 Å². The van der Waals surface area contributed by atoms with Gasteiger partial charge in [0.05, 0.1) is 6.54 Å². The third kappa shape index (κ3) is 6.92. The molecule has 0 aliphatic carbocycles. The minimum absolute atomic E-state index is 0.0446. The first-order valence-electron chi connectivity index (χ1n) is 8.59. The highest BCUT2D eigenvalue weighted by Gasteiger charge is 2.26. The summed E-state index contributed by atoms with van der Waals surface area (Å²) in [7, 11) is 0. The van der Waals surface area contributed by atoms with Crippen LogP contribution in [0.5, 0.6) is 0 Å². The maximum atomic E-state index is 12.5. The number of benzene rings is 1. The normalized spacial score (nSPS) is 17.6. The van der Waals surface area contributed by atoms with Crippen molar-refractivity contribution >= 4 is 40.9 Å². The number of ether oxygens (including phenoxy) is 1. The Bertz CT molecular complexity index is 641. The Hall–Kier alpha value is -1.66. The molecule has 26 heavy (non-hydrogen) atoms. The quantitative estimate of drug-likeness (QED) is 0.801. The fraction of sp³-hybridized carbons (Fsp3) is 0.556. The predicted molar refractivity (Wildman–Crippen MR) is 104 cm³/mol. The van der Waals surface area contributed by atoms with E-state index in [1.54, 1.807) is 23.1 Å². The number of hydrogen-bond donors (Lipinski definition) is 2. The van der Waals surface area contributed by atoms with Crippen molar-refractivity contribution < 1.29 is 14.3 Å². The number of carbonyl (C=O) groups excluding carboxylic acids is 2. The van der Waals surface area contributed by atoms with Crippen LogP contribution in [0.25, 0.3) is 0 Å². The van der Waals surface area contributed by atoms with Crippen LogP contribution in [0, 0.1) is 0 Å². The van der Waals surface area contributed by atoms with Crippen LogP contribution in [0.3, 0.4) is 0 Å². The molecular formula is C18H25Cl2N3O3. The van der Waals surface area contributed by atoms with Crippen LogP contribution >= 0.6 is 23.2 Å². The second-order valence-corrected chi connectivity index (χ2v) is 8.21. The van der Waals surface area contributed by atoms with E-state index in [4.69, 9.17) is 27.9 Å². The minimum Gasteiger partial charge on any atom is -0.444 e. The molecule has 1 aliphatic heterocycles. The van der Waals surface area contributed by atoms with Crippen LogP contribution in [0.15, 0.2) is 18.2 Å². The second kappa shape index (κ2) is 8.82. The Morgan fingerprint density at radius 2 is 1.88 bits per heavy atom. The lowest BCUT2D eigenvalue weighted by atomic mass is 10.1. The Balaban J connectivity index is 1.84. The largest absolute Gasteiger partial charge is 0.444 e. The number of nitrogens with one attached hydrogen (secondary N) is 2. The van der Waals surface area contributed by atoms with Crippen LogP contribution in [-0.4, -0.2) is 48.2 Å². The fourth-order valence-electron chi connectivity index (χ4n) is 2.74. The van der Waals surface area contributed by atoms with Gasteiger partial charge in [0.15, 0.2) is 0 Å². The molecule has 1 fully saturated rings. The van der Waals surface area contributed by atoms with Crippen molar-refractivity contribution in [2.45, 2.75) is 45.3 Å². The Morgan fingerprint density at radius 1 is 1.23 bits per heavy atom. The number of halogens is 2. The zero-order valence-electron chi connectivity index (χ0n) is 15.3. The lowest BCUT2D eigenvalue weighted by Gasteiger charge is -2.33. The molecule has 1 saturated heterocycles. The lowest BCUT2D eigenvalue weighted by molar-refractivity contribution is -0.130. The van der Waals surface area contributed by atoms with E-state index < -0.39 is 11.7 Å². The van der Waals surface area contributed by atoms with Crippen molar-refractivity contribution in [3.8, 4) is 0 Å². The molecule has 0 unspecified atom stereocenters. The van der Waals surface area contributed by atoms with Gasteiger partial charge in [-0.05, 0) is 51.8 Å². The van der Waals surface area contributed by atoms with Gasteiger partial charge in [-0.2, -0.15) is 0 Å². The van der Waals surface area contributed by atoms with E-state index in [1.807, 2.05) is 20.8 Å². The van der Waals surface area contributed by atoms with Gasteiger partial charge in [-0.25, -0.2) is 4.79 Å². The standard InChI is InChI=1S/C18H25Cl2N3O3/c1-18(2,3)26-17(25)22-14-5-4-6-23(11-14)16(24)10-21-15-8-12(19)7-13(20)9-15/h7-9,14,21H,4-6,10-11H2,1-3H3,(H,22,25)/t14-/m0/s1. The van der Waals surface area contributed by atoms with Crippen molar-refractivity contribution in [2.24, 2.45) is 0 Å². The number of likely N-dealkylation sites (tertiary alicyclic amines) is 1. The molecule has 1 aromatic carbocycles. The summed E-state index contributed by atoms with van der Waals surface area (Å²) in [5.41, 5.74) is 0.146. The summed E-state index contributed by atoms with van der Waals surface area (Å²) in [5.74, 6) is -0.0446. The molecule has 1 aromatic rings. The van der Waals surface area contributed by atoms with Crippen molar-refractivity contribution in [3.63, 3.8) is 0 Å². The number of hydrogen-bond acceptors (Lipinski definition) is 4. The minimum atomic E-state index is -0.545. The summed E-state index contributed by atoms with van der Waals surface area (Å²) in [6.07, 6.45) is 1.19. The highest BCUT2D eigenvalue weighted by atomic mass is 35.5. The number of nitrogens with zero attached hydrogens (tertiary/aromatic N) is 1. The zero-order valence-corrected chi connectivity index (χ0v) is 16.8. The van der Waals surface area contributed by atoms with Crippen molar-refractivity contribution in [1.82, 2.24) is 10.2 Å². The zero-order chi connectivity index (χ0) is 19.3. The van der Waals surface area contributed by atoms with Crippen LogP contribution in [0.4, 0.5) is 10.5 Å². The predicted octanol–water partition coefficient (Wildman–Crippen LogP) is 3.92. The first-order chi connectivity index (χ1) is 12.1. The Labute approximate surface area is 164 Å². The Morgan fingerprint density at radius 3 is 2.50 bits per heavy atom. The lowest BCUT2D eigenvalue weighted by Crippen LogP contribution is -2.51. The molecule has 0 spiro atoms. The number of alkyl carbamates (subject to hydrolysis) is 1. The molecule has 0 saturated carbocycles. The maximum Gasteiger partial charge on any atom is 0.407 e. The van der Waals surface area contributed by atoms with Gasteiger partial charge in [0.2, 0.25) is 5.91 Å². The smallest absolute Gasteiger partial charge is 0.407 e. The molecule has 1 aliphatic rings. The summed E-state index contributed by atoms with van der Waals surface area (Å²) in [6, 6.07) is 4.95. The van der Waals surface area contributed by atoms with E-state index in [9.17, 15) is 9.59 Å². The first kappa shape index (κ1) is 20.6. The number of anilines is 1. The van der Waals surface area contributed by atoms with Gasteiger partial charge in [-0.3, -0.25) is 4.79 Å². The van der Waals surface area contributed by atoms with Gasteiger partial charge < -0.3 is 20.3 Å². The summed E-state index contributed by atoms with van der Waals surface area (Å²) in [5, 5.41) is 6.89. The van der Waals surface area contributed by atoms with E-state index in [2.05, 4.69) is 10.6 Å². The molecule has 0 aromatic heterocycles. The molecule has 2 rings (SSSR count). The highest BCUT2D eigenvalue weighted by Crippen LogP contribution is 2.22. The van der Waals surface area contributed by atoms with Gasteiger partial charge in [-0.15, -0.1) is 0 Å². The monoisotopic (exact) mass is 401 g/mol. The molecule has 2 N–H and O–H groups in total. The summed E-state index contributed by atoms with van der Waals surface area (Å²) >= 11 is 11.9. The van der Waals surface area contributed by atoms with Crippen molar-refractivity contribution in [3.05, 3.63) is 28.2 Å². The van der Waals surface area contributed by atoms with Gasteiger partial charge >= 0.3 is 6.09 Å². The average molecular weight is 402 g/mol. The summed E-state index contributed by atoms with van der Waals surface area (Å²) in [6.45, 7) is 6.72. The molecule has 144 valence electrons. The third-order valence-electron chi connectivity index (χ3n) is 3.80. The Kier molecular flexibility index (Phi) is 7.01. The second-order valence-electron chi connectivity index (χ2n) is 7.34. The van der Waals surface area contributed by atoms with Crippen molar-refractivity contribution in [1.29, 1.82) is 0 Å². The molecular weight excluding hydrogens is 377 g/mol. The van der Waals surface area contributed by atoms with Gasteiger partial charge in [0.1, 0.15) is 5.60 Å². The molecule has 2 amide bonds. The van der Waals surface area contributed by atoms with Crippen molar-refractivity contribution in [2.75, 3.05) is 25.0 Å². The van der Waals surface area contributed by atoms with Crippen LogP contribution < -0.4 is 10.6 Å². The molecule has 1 heterocycles. The number of amides is 2. The molecule has 8 heteroatoms. The number of carbonyl (C=O) groups is 2. The van der Waals surface area contributed by atoms with Crippen LogP contribution in [-0.2, 0) is 9.53 Å². The van der Waals surface area contributed by atoms with Crippen LogP contribution in [0.1, 0.15) is 33.6 Å². The van der Waals surface area contributed by atoms with Crippen LogP contribution in [0.2, 0.25) is 10.0 Å². The summed E-state index contributed by atoms with van der Waals surface area (Å²) in [4.78, 5) is 26.1. The topological polar surface area (TPSA) is 70.7 Å². The van der Waals surface area contributed by atoms with E-state index in [0.29, 0.717) is 28.8 Å². The molecule has 1 atom stereocenters. The summed E-state index contributed by atoms with van der Waals surface area (Å²) < 4.78 is 5.27. The number of piperidine rings is 1. The molecule has 0 bridgehead atoms. The highest BCUT2D eigenvalue weighted by molar-refractivity contribution is 6.35. The fourth-order valence-corrected chi connectivity index (χ4v) is 3.27. The third-order valence-corrected chi connectivity index (χ3v) is 4.24. The van der Waals surface area contributed by atoms with Gasteiger partial charge in [-0.1, -0.05) is 23.2 Å². The van der Waals surface area contributed by atoms with E-state index in [-0.39, 0.29) is 18.5 Å². The van der Waals surface area contributed by atoms with E-state index >= 15 is 0 Å². The first-order valence-corrected chi connectivity index (χ1v) is 9.35. The van der Waals surface area contributed by atoms with Gasteiger partial charge in [0, 0.05) is 34.9 Å². The molecule has 0 radical (unpaired) electrons. The van der Waals surface area contributed by atoms with E-state index in [0.717, 1.165) is 12.8 Å². The average Bonchev–Trinajstić information content (AvgIpc) is 2.50. The van der Waals surface area contributed by atoms with E-state index in [1.165, 1.54) is 0 Å². The molecule has 6 nitrogen and oxygen atoms in total. The number of rotatable bonds is 4.